The Balaban J connectivity index is 1.50. The third-order valence-corrected chi connectivity index (χ3v) is 4.81. The summed E-state index contributed by atoms with van der Waals surface area (Å²) in [5, 5.41) is 4.24. The first kappa shape index (κ1) is 16.5. The summed E-state index contributed by atoms with van der Waals surface area (Å²) in [7, 11) is 1.82. The average Bonchev–Trinajstić information content (AvgIpc) is 3.31. The zero-order valence-electron chi connectivity index (χ0n) is 14.8. The van der Waals surface area contributed by atoms with Gasteiger partial charge in [-0.1, -0.05) is 6.07 Å². The molecular formula is C19H22N6O. The van der Waals surface area contributed by atoms with Crippen LogP contribution in [0.1, 0.15) is 40.8 Å². The quantitative estimate of drug-likeness (QED) is 0.722. The van der Waals surface area contributed by atoms with Gasteiger partial charge in [-0.25, -0.2) is 4.98 Å². The number of aromatic nitrogens is 5. The summed E-state index contributed by atoms with van der Waals surface area (Å²) in [5.41, 5.74) is 1.51. The fraction of sp³-hybridized carbons (Fsp3) is 0.368. The Morgan fingerprint density at radius 2 is 2.12 bits per heavy atom. The van der Waals surface area contributed by atoms with Crippen LogP contribution in [-0.4, -0.2) is 48.2 Å². The fourth-order valence-corrected chi connectivity index (χ4v) is 3.54. The second-order valence-electron chi connectivity index (χ2n) is 6.70. The van der Waals surface area contributed by atoms with Gasteiger partial charge >= 0.3 is 0 Å². The number of piperidine rings is 1. The van der Waals surface area contributed by atoms with E-state index in [1.807, 2.05) is 42.5 Å². The molecule has 4 rings (SSSR count). The summed E-state index contributed by atoms with van der Waals surface area (Å²) in [6, 6.07) is 7.70. The predicted molar refractivity (Wildman–Crippen MR) is 96.7 cm³/mol. The molecule has 7 heteroatoms. The van der Waals surface area contributed by atoms with E-state index in [9.17, 15) is 4.79 Å². The Hall–Kier alpha value is -2.96. The third-order valence-electron chi connectivity index (χ3n) is 4.81. The van der Waals surface area contributed by atoms with Gasteiger partial charge in [0.2, 0.25) is 0 Å². The highest BCUT2D eigenvalue weighted by Crippen LogP contribution is 2.27. The second-order valence-corrected chi connectivity index (χ2v) is 6.70. The molecule has 0 aliphatic carbocycles. The van der Waals surface area contributed by atoms with E-state index < -0.39 is 0 Å². The summed E-state index contributed by atoms with van der Waals surface area (Å²) in [4.78, 5) is 23.6. The van der Waals surface area contributed by atoms with Crippen LogP contribution in [0.15, 0.2) is 49.1 Å². The summed E-state index contributed by atoms with van der Waals surface area (Å²) in [6.45, 7) is 2.14. The van der Waals surface area contributed by atoms with Gasteiger partial charge < -0.3 is 9.47 Å². The van der Waals surface area contributed by atoms with Crippen LogP contribution in [0, 0.1) is 0 Å². The summed E-state index contributed by atoms with van der Waals surface area (Å²) >= 11 is 0. The molecule has 7 nitrogen and oxygen atoms in total. The largest absolute Gasteiger partial charge is 0.337 e. The number of amides is 1. The van der Waals surface area contributed by atoms with Crippen molar-refractivity contribution in [3.8, 4) is 0 Å². The highest BCUT2D eigenvalue weighted by Gasteiger charge is 2.28. The molecule has 0 bridgehead atoms. The maximum Gasteiger partial charge on any atom is 0.274 e. The van der Waals surface area contributed by atoms with Crippen LogP contribution in [0.4, 0.5) is 0 Å². The maximum atomic E-state index is 12.7. The van der Waals surface area contributed by atoms with Crippen molar-refractivity contribution in [1.82, 2.24) is 29.2 Å². The molecule has 3 aromatic heterocycles. The van der Waals surface area contributed by atoms with Gasteiger partial charge in [0.15, 0.2) is 0 Å². The number of carbonyl (C=O) groups is 1. The molecule has 4 heterocycles. The molecule has 1 amide bonds. The minimum atomic E-state index is -0.00173. The van der Waals surface area contributed by atoms with Crippen molar-refractivity contribution >= 4 is 5.91 Å². The smallest absolute Gasteiger partial charge is 0.274 e. The van der Waals surface area contributed by atoms with Crippen LogP contribution < -0.4 is 0 Å². The lowest BCUT2D eigenvalue weighted by Gasteiger charge is -2.32. The van der Waals surface area contributed by atoms with E-state index >= 15 is 0 Å². The monoisotopic (exact) mass is 350 g/mol. The van der Waals surface area contributed by atoms with Crippen LogP contribution >= 0.6 is 0 Å². The van der Waals surface area contributed by atoms with E-state index in [4.69, 9.17) is 0 Å². The van der Waals surface area contributed by atoms with Gasteiger partial charge in [-0.3, -0.25) is 14.5 Å². The molecule has 0 radical (unpaired) electrons. The van der Waals surface area contributed by atoms with Crippen molar-refractivity contribution in [2.75, 3.05) is 13.1 Å². The minimum Gasteiger partial charge on any atom is -0.337 e. The Kier molecular flexibility index (Phi) is 4.51. The van der Waals surface area contributed by atoms with Crippen molar-refractivity contribution in [1.29, 1.82) is 0 Å². The molecule has 0 N–H and O–H groups in total. The highest BCUT2D eigenvalue weighted by molar-refractivity contribution is 5.92. The van der Waals surface area contributed by atoms with Crippen LogP contribution in [0.25, 0.3) is 0 Å². The second kappa shape index (κ2) is 7.11. The van der Waals surface area contributed by atoms with E-state index in [0.29, 0.717) is 18.8 Å². The normalized spacial score (nSPS) is 17.4. The van der Waals surface area contributed by atoms with Crippen LogP contribution in [0.3, 0.4) is 0 Å². The van der Waals surface area contributed by atoms with Gasteiger partial charge in [-0.05, 0) is 31.0 Å². The number of likely N-dealkylation sites (tertiary alicyclic amines) is 1. The Morgan fingerprint density at radius 3 is 2.88 bits per heavy atom. The number of rotatable bonds is 4. The van der Waals surface area contributed by atoms with Crippen LogP contribution in [0.5, 0.6) is 0 Å². The molecule has 1 aliphatic rings. The van der Waals surface area contributed by atoms with E-state index in [1.54, 1.807) is 23.1 Å². The number of hydrogen-bond donors (Lipinski definition) is 0. The molecule has 0 aromatic carbocycles. The van der Waals surface area contributed by atoms with Crippen molar-refractivity contribution in [3.05, 3.63) is 66.3 Å². The first-order chi connectivity index (χ1) is 12.7. The van der Waals surface area contributed by atoms with E-state index in [2.05, 4.69) is 19.6 Å². The maximum absolute atomic E-state index is 12.7. The van der Waals surface area contributed by atoms with Crippen molar-refractivity contribution < 1.29 is 4.79 Å². The van der Waals surface area contributed by atoms with E-state index in [-0.39, 0.29) is 11.8 Å². The van der Waals surface area contributed by atoms with Crippen molar-refractivity contribution in [3.63, 3.8) is 0 Å². The molecular weight excluding hydrogens is 328 g/mol. The Labute approximate surface area is 152 Å². The first-order valence-electron chi connectivity index (χ1n) is 8.90. The number of pyridine rings is 1. The Morgan fingerprint density at radius 1 is 1.19 bits per heavy atom. The van der Waals surface area contributed by atoms with Gasteiger partial charge in [-0.15, -0.1) is 0 Å². The van der Waals surface area contributed by atoms with E-state index in [1.165, 1.54) is 0 Å². The van der Waals surface area contributed by atoms with Gasteiger partial charge in [0.1, 0.15) is 11.5 Å². The zero-order valence-corrected chi connectivity index (χ0v) is 14.8. The molecule has 0 saturated carbocycles. The number of hydrogen-bond acceptors (Lipinski definition) is 4. The van der Waals surface area contributed by atoms with E-state index in [0.717, 1.165) is 30.9 Å². The van der Waals surface area contributed by atoms with Crippen LogP contribution in [0.2, 0.25) is 0 Å². The molecule has 134 valence electrons. The molecule has 1 atom stereocenters. The van der Waals surface area contributed by atoms with Gasteiger partial charge in [-0.2, -0.15) is 5.10 Å². The standard InChI is InChI=1S/C19H22N6O/c1-23-11-7-17(22-23)19(26)25-10-4-5-15(13-25)18-21-9-12-24(18)14-16-6-2-3-8-20-16/h2-3,6-9,11-12,15H,4-5,10,13-14H2,1H3/t15-/m1/s1. The third kappa shape index (κ3) is 3.37. The molecule has 1 aliphatic heterocycles. The molecule has 1 saturated heterocycles. The highest BCUT2D eigenvalue weighted by atomic mass is 16.2. The van der Waals surface area contributed by atoms with Gasteiger partial charge in [0.25, 0.3) is 5.91 Å². The number of imidazole rings is 1. The summed E-state index contributed by atoms with van der Waals surface area (Å²) in [6.07, 6.45) is 9.43. The molecule has 3 aromatic rings. The minimum absolute atomic E-state index is 0.00173. The zero-order chi connectivity index (χ0) is 17.9. The van der Waals surface area contributed by atoms with Crippen molar-refractivity contribution in [2.24, 2.45) is 7.05 Å². The number of aryl methyl sites for hydroxylation is 1. The van der Waals surface area contributed by atoms with Gasteiger partial charge in [0.05, 0.1) is 12.2 Å². The average molecular weight is 350 g/mol. The first-order valence-corrected chi connectivity index (χ1v) is 8.90. The molecule has 0 unspecified atom stereocenters. The van der Waals surface area contributed by atoms with Crippen molar-refractivity contribution in [2.45, 2.75) is 25.3 Å². The lowest BCUT2D eigenvalue weighted by Crippen LogP contribution is -2.40. The number of nitrogens with zero attached hydrogens (tertiary/aromatic N) is 6. The topological polar surface area (TPSA) is 68.8 Å². The molecule has 1 fully saturated rings. The number of carbonyl (C=O) groups excluding carboxylic acids is 1. The lowest BCUT2D eigenvalue weighted by molar-refractivity contribution is 0.0696. The fourth-order valence-electron chi connectivity index (χ4n) is 3.54. The molecule has 0 spiro atoms. The lowest BCUT2D eigenvalue weighted by atomic mass is 9.96. The Bertz CT molecular complexity index is 884. The predicted octanol–water partition coefficient (Wildman–Crippen LogP) is 2.08. The summed E-state index contributed by atoms with van der Waals surface area (Å²) < 4.78 is 3.80. The SMILES string of the molecule is Cn1ccc(C(=O)N2CCC[C@@H](c3nccn3Cc3ccccn3)C2)n1. The summed E-state index contributed by atoms with van der Waals surface area (Å²) in [5.74, 6) is 1.25. The molecule has 26 heavy (non-hydrogen) atoms. The van der Waals surface area contributed by atoms with Gasteiger partial charge in [0, 0.05) is 50.8 Å². The van der Waals surface area contributed by atoms with Crippen LogP contribution in [-0.2, 0) is 13.6 Å².